The highest BCUT2D eigenvalue weighted by molar-refractivity contribution is 5.33. The molecule has 1 spiro atoms. The highest BCUT2D eigenvalue weighted by Gasteiger charge is 2.56. The van der Waals surface area contributed by atoms with Crippen molar-refractivity contribution in [3.05, 3.63) is 23.8 Å². The van der Waals surface area contributed by atoms with Crippen LogP contribution in [0.3, 0.4) is 0 Å². The molecule has 3 atom stereocenters. The van der Waals surface area contributed by atoms with Crippen molar-refractivity contribution >= 4 is 0 Å². The van der Waals surface area contributed by atoms with Crippen molar-refractivity contribution in [2.75, 3.05) is 0 Å². The highest BCUT2D eigenvalue weighted by Crippen LogP contribution is 2.52. The van der Waals surface area contributed by atoms with Crippen molar-refractivity contribution in [2.24, 2.45) is 5.41 Å². The fourth-order valence-corrected chi connectivity index (χ4v) is 3.37. The van der Waals surface area contributed by atoms with Crippen LogP contribution in [-0.2, 0) is 9.47 Å². The number of hydrogen-bond donors (Lipinski definition) is 1. The third-order valence-corrected chi connectivity index (χ3v) is 4.60. The lowest BCUT2D eigenvalue weighted by molar-refractivity contribution is -0.183. The SMILES string of the molecule is C/C=C/C1(O)C(C)=CC2(CC1(C)C)OC(C)C(C)O2. The molecule has 0 amide bonds. The van der Waals surface area contributed by atoms with Gasteiger partial charge in [0.2, 0.25) is 0 Å². The van der Waals surface area contributed by atoms with E-state index in [-0.39, 0.29) is 17.6 Å². The maximum Gasteiger partial charge on any atom is 0.189 e. The predicted molar refractivity (Wildman–Crippen MR) is 75.7 cm³/mol. The molecule has 108 valence electrons. The normalized spacial score (nSPS) is 45.9. The van der Waals surface area contributed by atoms with Gasteiger partial charge in [-0.1, -0.05) is 26.0 Å². The van der Waals surface area contributed by atoms with Crippen molar-refractivity contribution in [2.45, 2.75) is 71.6 Å². The molecule has 1 aliphatic heterocycles. The molecule has 1 saturated heterocycles. The molecule has 19 heavy (non-hydrogen) atoms. The summed E-state index contributed by atoms with van der Waals surface area (Å²) in [6.45, 7) is 12.1. The van der Waals surface area contributed by atoms with Gasteiger partial charge in [-0.25, -0.2) is 0 Å². The number of ether oxygens (including phenoxy) is 2. The standard InChI is InChI=1S/C16H26O3/c1-7-8-16(17)11(2)9-15(10-14(16,5)6)18-12(3)13(4)19-15/h7-9,12-13,17H,10H2,1-6H3/b8-7+. The number of hydrogen-bond acceptors (Lipinski definition) is 3. The Morgan fingerprint density at radius 1 is 1.26 bits per heavy atom. The summed E-state index contributed by atoms with van der Waals surface area (Å²) in [6, 6.07) is 0. The molecule has 0 radical (unpaired) electrons. The first-order chi connectivity index (χ1) is 8.66. The molecule has 3 heteroatoms. The van der Waals surface area contributed by atoms with E-state index in [2.05, 4.69) is 13.8 Å². The summed E-state index contributed by atoms with van der Waals surface area (Å²) in [5.74, 6) is -0.680. The third kappa shape index (κ3) is 2.18. The Kier molecular flexibility index (Phi) is 3.45. The zero-order valence-corrected chi connectivity index (χ0v) is 12.9. The molecule has 1 fully saturated rings. The van der Waals surface area contributed by atoms with Crippen molar-refractivity contribution in [1.29, 1.82) is 0 Å². The molecule has 1 heterocycles. The number of allylic oxidation sites excluding steroid dienone is 1. The van der Waals surface area contributed by atoms with E-state index in [4.69, 9.17) is 9.47 Å². The Hall–Kier alpha value is -0.640. The average molecular weight is 266 g/mol. The van der Waals surface area contributed by atoms with Gasteiger partial charge in [-0.15, -0.1) is 0 Å². The number of aliphatic hydroxyl groups is 1. The van der Waals surface area contributed by atoms with Crippen LogP contribution in [0.1, 0.15) is 48.0 Å². The van der Waals surface area contributed by atoms with Gasteiger partial charge < -0.3 is 14.6 Å². The van der Waals surface area contributed by atoms with Gasteiger partial charge in [0.05, 0.1) is 12.2 Å². The van der Waals surface area contributed by atoms with Crippen LogP contribution in [-0.4, -0.2) is 28.7 Å². The molecule has 2 rings (SSSR count). The van der Waals surface area contributed by atoms with E-state index < -0.39 is 11.4 Å². The quantitative estimate of drug-likeness (QED) is 0.741. The van der Waals surface area contributed by atoms with Crippen LogP contribution in [0.5, 0.6) is 0 Å². The highest BCUT2D eigenvalue weighted by atomic mass is 16.8. The van der Waals surface area contributed by atoms with E-state index >= 15 is 0 Å². The lowest BCUT2D eigenvalue weighted by atomic mass is 9.63. The molecule has 2 aliphatic rings. The van der Waals surface area contributed by atoms with E-state index in [1.54, 1.807) is 0 Å². The topological polar surface area (TPSA) is 38.7 Å². The molecule has 3 unspecified atom stereocenters. The van der Waals surface area contributed by atoms with E-state index in [9.17, 15) is 5.11 Å². The Morgan fingerprint density at radius 3 is 2.21 bits per heavy atom. The second kappa shape index (κ2) is 4.44. The number of rotatable bonds is 1. The molecule has 0 bridgehead atoms. The van der Waals surface area contributed by atoms with Gasteiger partial charge >= 0.3 is 0 Å². The van der Waals surface area contributed by atoms with E-state index in [0.717, 1.165) is 5.57 Å². The van der Waals surface area contributed by atoms with Gasteiger partial charge in [0, 0.05) is 11.8 Å². The van der Waals surface area contributed by atoms with Gasteiger partial charge in [-0.2, -0.15) is 0 Å². The first-order valence-electron chi connectivity index (χ1n) is 7.08. The zero-order chi connectivity index (χ0) is 14.5. The monoisotopic (exact) mass is 266 g/mol. The summed E-state index contributed by atoms with van der Waals surface area (Å²) in [5, 5.41) is 11.0. The van der Waals surface area contributed by atoms with Crippen LogP contribution in [0, 0.1) is 5.41 Å². The first kappa shape index (κ1) is 14.8. The fourth-order valence-electron chi connectivity index (χ4n) is 3.37. The molecule has 0 aromatic rings. The Morgan fingerprint density at radius 2 is 1.79 bits per heavy atom. The van der Waals surface area contributed by atoms with E-state index in [0.29, 0.717) is 6.42 Å². The molecule has 0 aromatic carbocycles. The first-order valence-corrected chi connectivity index (χ1v) is 7.08. The fraction of sp³-hybridized carbons (Fsp3) is 0.750. The molecule has 0 saturated carbocycles. The largest absolute Gasteiger partial charge is 0.381 e. The molecular formula is C16H26O3. The van der Waals surface area contributed by atoms with Crippen molar-refractivity contribution in [3.63, 3.8) is 0 Å². The molecule has 0 aromatic heterocycles. The molecular weight excluding hydrogens is 240 g/mol. The summed E-state index contributed by atoms with van der Waals surface area (Å²) < 4.78 is 12.1. The van der Waals surface area contributed by atoms with Crippen LogP contribution in [0.25, 0.3) is 0 Å². The van der Waals surface area contributed by atoms with Crippen molar-refractivity contribution in [1.82, 2.24) is 0 Å². The van der Waals surface area contributed by atoms with E-state index in [1.807, 2.05) is 45.9 Å². The minimum absolute atomic E-state index is 0.0766. The van der Waals surface area contributed by atoms with Crippen LogP contribution < -0.4 is 0 Å². The molecule has 3 nitrogen and oxygen atoms in total. The summed E-state index contributed by atoms with van der Waals surface area (Å²) in [5.41, 5.74) is -0.389. The van der Waals surface area contributed by atoms with Gasteiger partial charge in [0.25, 0.3) is 0 Å². The van der Waals surface area contributed by atoms with Crippen LogP contribution >= 0.6 is 0 Å². The third-order valence-electron chi connectivity index (χ3n) is 4.60. The second-order valence-electron chi connectivity index (χ2n) is 6.61. The second-order valence-corrected chi connectivity index (χ2v) is 6.61. The maximum atomic E-state index is 11.0. The minimum Gasteiger partial charge on any atom is -0.381 e. The van der Waals surface area contributed by atoms with Crippen molar-refractivity contribution < 1.29 is 14.6 Å². The van der Waals surface area contributed by atoms with Crippen LogP contribution in [0.4, 0.5) is 0 Å². The minimum atomic E-state index is -0.936. The van der Waals surface area contributed by atoms with Crippen molar-refractivity contribution in [3.8, 4) is 0 Å². The van der Waals surface area contributed by atoms with Gasteiger partial charge in [-0.05, 0) is 39.3 Å². The maximum absolute atomic E-state index is 11.0. The smallest absolute Gasteiger partial charge is 0.189 e. The van der Waals surface area contributed by atoms with Gasteiger partial charge in [0.15, 0.2) is 5.79 Å². The summed E-state index contributed by atoms with van der Waals surface area (Å²) >= 11 is 0. The van der Waals surface area contributed by atoms with Crippen LogP contribution in [0.2, 0.25) is 0 Å². The Balaban J connectivity index is 2.44. The van der Waals surface area contributed by atoms with Gasteiger partial charge in [0.1, 0.15) is 5.60 Å². The van der Waals surface area contributed by atoms with E-state index in [1.165, 1.54) is 0 Å². The summed E-state index contributed by atoms with van der Waals surface area (Å²) in [4.78, 5) is 0. The average Bonchev–Trinajstić information content (AvgIpc) is 2.51. The zero-order valence-electron chi connectivity index (χ0n) is 12.9. The predicted octanol–water partition coefficient (Wildman–Crippen LogP) is 3.19. The lowest BCUT2D eigenvalue weighted by Gasteiger charge is -2.49. The molecule has 1 aliphatic carbocycles. The lowest BCUT2D eigenvalue weighted by Crippen LogP contribution is -2.53. The molecule has 1 N–H and O–H groups in total. The van der Waals surface area contributed by atoms with Crippen LogP contribution in [0.15, 0.2) is 23.8 Å². The van der Waals surface area contributed by atoms with Gasteiger partial charge in [-0.3, -0.25) is 0 Å². The summed E-state index contributed by atoms with van der Waals surface area (Å²) in [6.07, 6.45) is 6.53. The Labute approximate surface area is 116 Å². The Bertz CT molecular complexity index is 412. The summed E-state index contributed by atoms with van der Waals surface area (Å²) in [7, 11) is 0.